The summed E-state index contributed by atoms with van der Waals surface area (Å²) in [6.45, 7) is 6.10. The van der Waals surface area contributed by atoms with Gasteiger partial charge in [-0.15, -0.1) is 10.2 Å². The van der Waals surface area contributed by atoms with Gasteiger partial charge in [-0.1, -0.05) is 55.1 Å². The maximum atomic E-state index is 13.5. The first kappa shape index (κ1) is 22.9. The van der Waals surface area contributed by atoms with Crippen LogP contribution < -0.4 is 10.9 Å². The van der Waals surface area contributed by atoms with Gasteiger partial charge in [0.25, 0.3) is 5.56 Å². The molecule has 0 spiro atoms. The molecule has 0 fully saturated rings. The third-order valence-electron chi connectivity index (χ3n) is 6.19. The number of rotatable bonds is 6. The van der Waals surface area contributed by atoms with Crippen molar-refractivity contribution in [3.8, 4) is 5.69 Å². The van der Waals surface area contributed by atoms with Crippen LogP contribution in [0, 0.1) is 13.8 Å². The van der Waals surface area contributed by atoms with Gasteiger partial charge in [0.1, 0.15) is 0 Å². The van der Waals surface area contributed by atoms with E-state index in [-0.39, 0.29) is 17.2 Å². The number of anilines is 1. The quantitative estimate of drug-likeness (QED) is 0.346. The molecule has 5 rings (SSSR count). The molecule has 0 saturated heterocycles. The molecule has 0 saturated carbocycles. The van der Waals surface area contributed by atoms with E-state index in [1.54, 1.807) is 10.6 Å². The third-order valence-corrected chi connectivity index (χ3v) is 7.12. The molecule has 1 amide bonds. The topological polar surface area (TPSA) is 81.3 Å². The molecule has 0 aliphatic heterocycles. The number of amides is 1. The summed E-state index contributed by atoms with van der Waals surface area (Å²) in [6, 6.07) is 21.1. The van der Waals surface area contributed by atoms with Gasteiger partial charge in [0.2, 0.25) is 11.7 Å². The fourth-order valence-corrected chi connectivity index (χ4v) is 4.86. The van der Waals surface area contributed by atoms with Crippen molar-refractivity contribution in [3.63, 3.8) is 0 Å². The van der Waals surface area contributed by atoms with Crippen LogP contribution in [0.5, 0.6) is 0 Å². The molecule has 0 unspecified atom stereocenters. The zero-order valence-electron chi connectivity index (χ0n) is 19.8. The summed E-state index contributed by atoms with van der Waals surface area (Å²) in [5.41, 5.74) is 5.37. The molecule has 176 valence electrons. The second kappa shape index (κ2) is 9.38. The van der Waals surface area contributed by atoms with Crippen LogP contribution in [0.25, 0.3) is 22.4 Å². The standard InChI is InChI=1S/C27H25N5O2S/c1-4-19-12-14-20(15-13-19)28-24(33)16-35-27-30-29-26-31(22-11-7-8-17(2)18(22)3)25(34)21-9-5-6-10-23(21)32(26)27/h5-15H,4,16H2,1-3H3,(H,28,33). The maximum absolute atomic E-state index is 13.5. The Bertz CT molecular complexity index is 1620. The summed E-state index contributed by atoms with van der Waals surface area (Å²) < 4.78 is 3.46. The number of aryl methyl sites for hydroxylation is 2. The average molecular weight is 484 g/mol. The molecule has 2 aromatic heterocycles. The van der Waals surface area contributed by atoms with E-state index >= 15 is 0 Å². The van der Waals surface area contributed by atoms with Crippen LogP contribution in [0.15, 0.2) is 76.7 Å². The van der Waals surface area contributed by atoms with E-state index in [0.717, 1.165) is 28.9 Å². The van der Waals surface area contributed by atoms with Crippen molar-refractivity contribution < 1.29 is 4.79 Å². The average Bonchev–Trinajstić information content (AvgIpc) is 3.29. The van der Waals surface area contributed by atoms with Crippen LogP contribution in [0.2, 0.25) is 0 Å². The Hall–Kier alpha value is -3.91. The van der Waals surface area contributed by atoms with E-state index < -0.39 is 0 Å². The number of hydrogen-bond donors (Lipinski definition) is 1. The van der Waals surface area contributed by atoms with Crippen molar-refractivity contribution in [3.05, 3.63) is 93.8 Å². The van der Waals surface area contributed by atoms with Gasteiger partial charge < -0.3 is 5.32 Å². The largest absolute Gasteiger partial charge is 0.325 e. The summed E-state index contributed by atoms with van der Waals surface area (Å²) in [7, 11) is 0. The molecule has 0 radical (unpaired) electrons. The summed E-state index contributed by atoms with van der Waals surface area (Å²) in [5, 5.41) is 12.8. The fraction of sp³-hybridized carbons (Fsp3) is 0.185. The lowest BCUT2D eigenvalue weighted by molar-refractivity contribution is -0.113. The molecule has 7 nitrogen and oxygen atoms in total. The summed E-state index contributed by atoms with van der Waals surface area (Å²) >= 11 is 1.29. The number of nitrogens with one attached hydrogen (secondary N) is 1. The zero-order valence-corrected chi connectivity index (χ0v) is 20.6. The van der Waals surface area contributed by atoms with Crippen molar-refractivity contribution in [1.82, 2.24) is 19.2 Å². The Balaban J connectivity index is 1.54. The number of thioether (sulfide) groups is 1. The smallest absolute Gasteiger partial charge is 0.267 e. The lowest BCUT2D eigenvalue weighted by Gasteiger charge is -2.14. The second-order valence-electron chi connectivity index (χ2n) is 8.38. The van der Waals surface area contributed by atoms with Crippen molar-refractivity contribution in [2.45, 2.75) is 32.3 Å². The zero-order chi connectivity index (χ0) is 24.5. The van der Waals surface area contributed by atoms with E-state index in [4.69, 9.17) is 0 Å². The first-order valence-corrected chi connectivity index (χ1v) is 12.4. The van der Waals surface area contributed by atoms with Crippen LogP contribution in [0.3, 0.4) is 0 Å². The predicted molar refractivity (Wildman–Crippen MR) is 141 cm³/mol. The molecule has 8 heteroatoms. The van der Waals surface area contributed by atoms with Gasteiger partial charge in [0.15, 0.2) is 5.16 Å². The molecule has 1 N–H and O–H groups in total. The van der Waals surface area contributed by atoms with Gasteiger partial charge in [-0.05, 0) is 67.3 Å². The first-order valence-electron chi connectivity index (χ1n) is 11.4. The van der Waals surface area contributed by atoms with E-state index in [1.165, 1.54) is 17.3 Å². The minimum absolute atomic E-state index is 0.136. The van der Waals surface area contributed by atoms with Gasteiger partial charge >= 0.3 is 0 Å². The molecule has 5 aromatic rings. The highest BCUT2D eigenvalue weighted by Gasteiger charge is 2.19. The lowest BCUT2D eigenvalue weighted by Crippen LogP contribution is -2.22. The molecule has 0 atom stereocenters. The number of fused-ring (bicyclic) bond motifs is 3. The molecular weight excluding hydrogens is 458 g/mol. The second-order valence-corrected chi connectivity index (χ2v) is 9.32. The van der Waals surface area contributed by atoms with Crippen molar-refractivity contribution in [1.29, 1.82) is 0 Å². The number of nitrogens with zero attached hydrogens (tertiary/aromatic N) is 4. The number of carbonyl (C=O) groups is 1. The fourth-order valence-electron chi connectivity index (χ4n) is 4.12. The number of para-hydroxylation sites is 1. The Morgan fingerprint density at radius 1 is 0.971 bits per heavy atom. The molecule has 3 aromatic carbocycles. The molecule has 0 aliphatic carbocycles. The van der Waals surface area contributed by atoms with Crippen LogP contribution in [-0.4, -0.2) is 30.8 Å². The SMILES string of the molecule is CCc1ccc(NC(=O)CSc2nnc3n(-c4cccc(C)c4C)c(=O)c4ccccc4n23)cc1. The minimum Gasteiger partial charge on any atom is -0.325 e. The number of aromatic nitrogens is 4. The highest BCUT2D eigenvalue weighted by Crippen LogP contribution is 2.25. The summed E-state index contributed by atoms with van der Waals surface area (Å²) in [5.74, 6) is 0.441. The van der Waals surface area contributed by atoms with Crippen molar-refractivity contribution >= 4 is 40.0 Å². The highest BCUT2D eigenvalue weighted by molar-refractivity contribution is 7.99. The Morgan fingerprint density at radius 3 is 2.51 bits per heavy atom. The van der Waals surface area contributed by atoms with E-state index in [1.807, 2.05) is 78.9 Å². The molecule has 0 bridgehead atoms. The Morgan fingerprint density at radius 2 is 1.74 bits per heavy atom. The number of hydrogen-bond acceptors (Lipinski definition) is 5. The van der Waals surface area contributed by atoms with Crippen LogP contribution in [0.1, 0.15) is 23.6 Å². The molecule has 0 aliphatic rings. The van der Waals surface area contributed by atoms with Crippen LogP contribution in [-0.2, 0) is 11.2 Å². The monoisotopic (exact) mass is 483 g/mol. The van der Waals surface area contributed by atoms with E-state index in [0.29, 0.717) is 21.8 Å². The van der Waals surface area contributed by atoms with Crippen LogP contribution >= 0.6 is 11.8 Å². The minimum atomic E-state index is -0.154. The van der Waals surface area contributed by atoms with Gasteiger partial charge in [-0.25, -0.2) is 4.57 Å². The summed E-state index contributed by atoms with van der Waals surface area (Å²) in [4.78, 5) is 26.2. The van der Waals surface area contributed by atoms with Gasteiger partial charge in [-0.2, -0.15) is 0 Å². The Labute approximate surface area is 206 Å². The highest BCUT2D eigenvalue weighted by atomic mass is 32.2. The van der Waals surface area contributed by atoms with E-state index in [2.05, 4.69) is 22.4 Å². The Kier molecular flexibility index (Phi) is 6.13. The third kappa shape index (κ3) is 4.21. The summed E-state index contributed by atoms with van der Waals surface area (Å²) in [6.07, 6.45) is 0.950. The number of carbonyl (C=O) groups excluding carboxylic acids is 1. The predicted octanol–water partition coefficient (Wildman–Crippen LogP) is 4.94. The van der Waals surface area contributed by atoms with Gasteiger partial charge in [0.05, 0.1) is 22.3 Å². The van der Waals surface area contributed by atoms with Crippen molar-refractivity contribution in [2.24, 2.45) is 0 Å². The number of benzene rings is 3. The van der Waals surface area contributed by atoms with Gasteiger partial charge in [0, 0.05) is 5.69 Å². The molecular formula is C27H25N5O2S. The van der Waals surface area contributed by atoms with Crippen molar-refractivity contribution in [2.75, 3.05) is 11.1 Å². The maximum Gasteiger partial charge on any atom is 0.267 e. The molecule has 2 heterocycles. The molecule has 35 heavy (non-hydrogen) atoms. The van der Waals surface area contributed by atoms with Crippen LogP contribution in [0.4, 0.5) is 5.69 Å². The first-order chi connectivity index (χ1) is 17.0. The van der Waals surface area contributed by atoms with E-state index in [9.17, 15) is 9.59 Å². The lowest BCUT2D eigenvalue weighted by atomic mass is 10.1. The normalized spacial score (nSPS) is 11.3. The van der Waals surface area contributed by atoms with Gasteiger partial charge in [-0.3, -0.25) is 14.0 Å².